The molecule has 0 radical (unpaired) electrons. The Hall–Kier alpha value is -2.80. The second-order valence-corrected chi connectivity index (χ2v) is 5.42. The second-order valence-electron chi connectivity index (χ2n) is 5.42. The lowest BCUT2D eigenvalue weighted by Gasteiger charge is -2.15. The highest BCUT2D eigenvalue weighted by Crippen LogP contribution is 2.26. The van der Waals surface area contributed by atoms with Crippen molar-refractivity contribution >= 4 is 5.91 Å². The van der Waals surface area contributed by atoms with Crippen LogP contribution in [-0.2, 0) is 0 Å². The fraction of sp³-hybridized carbons (Fsp3) is 0.222. The van der Waals surface area contributed by atoms with Gasteiger partial charge in [-0.2, -0.15) is 5.26 Å². The van der Waals surface area contributed by atoms with Crippen molar-refractivity contribution in [3.8, 4) is 22.9 Å². The molecule has 1 heterocycles. The normalized spacial score (nSPS) is 13.9. The number of carbonyl (C=O) groups is 1. The number of phenolic OH excluding ortho intramolecular Hbond substituents is 1. The number of benzene rings is 2. The van der Waals surface area contributed by atoms with Crippen molar-refractivity contribution in [2.75, 3.05) is 13.1 Å². The van der Waals surface area contributed by atoms with Crippen molar-refractivity contribution in [1.29, 1.82) is 5.26 Å². The molecule has 0 spiro atoms. The van der Waals surface area contributed by atoms with Crippen LogP contribution in [0.1, 0.15) is 28.8 Å². The van der Waals surface area contributed by atoms with Crippen LogP contribution < -0.4 is 0 Å². The summed E-state index contributed by atoms with van der Waals surface area (Å²) in [4.78, 5) is 14.3. The summed E-state index contributed by atoms with van der Waals surface area (Å²) in [7, 11) is 0. The molecule has 0 aliphatic carbocycles. The Bertz CT molecular complexity index is 756. The summed E-state index contributed by atoms with van der Waals surface area (Å²) in [6.45, 7) is 1.64. The second kappa shape index (κ2) is 5.90. The molecule has 1 amide bonds. The minimum absolute atomic E-state index is 0.0319. The van der Waals surface area contributed by atoms with Crippen LogP contribution in [0.4, 0.5) is 0 Å². The highest BCUT2D eigenvalue weighted by atomic mass is 16.3. The van der Waals surface area contributed by atoms with Crippen LogP contribution in [0, 0.1) is 11.3 Å². The van der Waals surface area contributed by atoms with Crippen molar-refractivity contribution in [1.82, 2.24) is 4.90 Å². The maximum absolute atomic E-state index is 12.4. The average Bonchev–Trinajstić information content (AvgIpc) is 3.09. The summed E-state index contributed by atoms with van der Waals surface area (Å²) in [5.41, 5.74) is 2.56. The lowest BCUT2D eigenvalue weighted by Crippen LogP contribution is -2.27. The largest absolute Gasteiger partial charge is 0.507 e. The quantitative estimate of drug-likeness (QED) is 0.924. The van der Waals surface area contributed by atoms with E-state index in [0.29, 0.717) is 5.56 Å². The minimum Gasteiger partial charge on any atom is -0.507 e. The topological polar surface area (TPSA) is 64.3 Å². The van der Waals surface area contributed by atoms with E-state index in [4.69, 9.17) is 5.26 Å². The van der Waals surface area contributed by atoms with Crippen molar-refractivity contribution in [3.05, 3.63) is 53.6 Å². The number of aromatic hydroxyl groups is 1. The van der Waals surface area contributed by atoms with Crippen LogP contribution in [0.2, 0.25) is 0 Å². The molecule has 1 N–H and O–H groups in total. The molecule has 1 aliphatic heterocycles. The van der Waals surface area contributed by atoms with Gasteiger partial charge in [-0.1, -0.05) is 18.2 Å². The molecule has 2 aromatic carbocycles. The van der Waals surface area contributed by atoms with Crippen LogP contribution >= 0.6 is 0 Å². The summed E-state index contributed by atoms with van der Waals surface area (Å²) in [6, 6.07) is 14.2. The van der Waals surface area contributed by atoms with Gasteiger partial charge in [-0.05, 0) is 48.2 Å². The first-order chi connectivity index (χ1) is 10.7. The Morgan fingerprint density at radius 1 is 1.09 bits per heavy atom. The first-order valence-electron chi connectivity index (χ1n) is 7.32. The predicted octanol–water partition coefficient (Wildman–Crippen LogP) is 3.17. The molecule has 0 aromatic heterocycles. The van der Waals surface area contributed by atoms with Gasteiger partial charge in [0.1, 0.15) is 11.8 Å². The molecule has 1 saturated heterocycles. The van der Waals surface area contributed by atoms with E-state index in [1.807, 2.05) is 35.2 Å². The van der Waals surface area contributed by atoms with Gasteiger partial charge in [0.25, 0.3) is 5.91 Å². The molecule has 1 fully saturated rings. The van der Waals surface area contributed by atoms with E-state index in [1.54, 1.807) is 12.1 Å². The van der Waals surface area contributed by atoms with E-state index in [9.17, 15) is 9.90 Å². The lowest BCUT2D eigenvalue weighted by molar-refractivity contribution is 0.0793. The van der Waals surface area contributed by atoms with E-state index in [0.717, 1.165) is 37.1 Å². The fourth-order valence-electron chi connectivity index (χ4n) is 2.74. The molecule has 2 aromatic rings. The van der Waals surface area contributed by atoms with Crippen LogP contribution in [0.15, 0.2) is 42.5 Å². The van der Waals surface area contributed by atoms with Gasteiger partial charge in [0.2, 0.25) is 0 Å². The van der Waals surface area contributed by atoms with Gasteiger partial charge in [0, 0.05) is 18.7 Å². The predicted molar refractivity (Wildman–Crippen MR) is 83.4 cm³/mol. The fourth-order valence-corrected chi connectivity index (χ4v) is 2.74. The number of nitrogens with zero attached hydrogens (tertiary/aromatic N) is 2. The van der Waals surface area contributed by atoms with Crippen LogP contribution in [-0.4, -0.2) is 29.0 Å². The molecule has 0 bridgehead atoms. The summed E-state index contributed by atoms with van der Waals surface area (Å²) in [5.74, 6) is 0.0224. The van der Waals surface area contributed by atoms with Gasteiger partial charge in [0.05, 0.1) is 5.56 Å². The van der Waals surface area contributed by atoms with Crippen molar-refractivity contribution in [2.24, 2.45) is 0 Å². The smallest absolute Gasteiger partial charge is 0.253 e. The molecule has 1 aliphatic rings. The third-order valence-corrected chi connectivity index (χ3v) is 3.95. The SMILES string of the molecule is N#Cc1cc(-c2cccc(C(=O)N3CCCC3)c2)ccc1O. The average molecular weight is 292 g/mol. The van der Waals surface area contributed by atoms with Crippen molar-refractivity contribution < 1.29 is 9.90 Å². The minimum atomic E-state index is -0.0319. The number of carbonyl (C=O) groups excluding carboxylic acids is 1. The molecule has 0 unspecified atom stereocenters. The Morgan fingerprint density at radius 2 is 1.82 bits per heavy atom. The van der Waals surface area contributed by atoms with Gasteiger partial charge in [-0.25, -0.2) is 0 Å². The van der Waals surface area contributed by atoms with Gasteiger partial charge in [0.15, 0.2) is 0 Å². The number of rotatable bonds is 2. The highest BCUT2D eigenvalue weighted by Gasteiger charge is 2.19. The zero-order valence-electron chi connectivity index (χ0n) is 12.1. The first-order valence-corrected chi connectivity index (χ1v) is 7.32. The summed E-state index contributed by atoms with van der Waals surface area (Å²) >= 11 is 0. The maximum atomic E-state index is 12.4. The lowest BCUT2D eigenvalue weighted by atomic mass is 10.0. The van der Waals surface area contributed by atoms with Gasteiger partial charge in [-0.3, -0.25) is 4.79 Å². The number of likely N-dealkylation sites (tertiary alicyclic amines) is 1. The van der Waals surface area contributed by atoms with E-state index in [-0.39, 0.29) is 17.2 Å². The number of nitriles is 1. The van der Waals surface area contributed by atoms with E-state index in [2.05, 4.69) is 0 Å². The molecule has 22 heavy (non-hydrogen) atoms. The third kappa shape index (κ3) is 2.66. The van der Waals surface area contributed by atoms with Gasteiger partial charge in [-0.15, -0.1) is 0 Å². The number of phenols is 1. The summed E-state index contributed by atoms with van der Waals surface area (Å²) < 4.78 is 0. The molecule has 3 rings (SSSR count). The molecule has 4 heteroatoms. The standard InChI is InChI=1S/C18H16N2O2/c19-12-16-11-14(6-7-17(16)21)13-4-3-5-15(10-13)18(22)20-8-1-2-9-20/h3-7,10-11,21H,1-2,8-9H2. The van der Waals surface area contributed by atoms with Crippen LogP contribution in [0.5, 0.6) is 5.75 Å². The summed E-state index contributed by atoms with van der Waals surface area (Å²) in [6.07, 6.45) is 2.13. The monoisotopic (exact) mass is 292 g/mol. The molecule has 110 valence electrons. The number of hydrogen-bond acceptors (Lipinski definition) is 3. The van der Waals surface area contributed by atoms with Crippen molar-refractivity contribution in [3.63, 3.8) is 0 Å². The van der Waals surface area contributed by atoms with E-state index in [1.165, 1.54) is 6.07 Å². The zero-order chi connectivity index (χ0) is 15.5. The van der Waals surface area contributed by atoms with E-state index >= 15 is 0 Å². The maximum Gasteiger partial charge on any atom is 0.253 e. The third-order valence-electron chi connectivity index (χ3n) is 3.95. The Balaban J connectivity index is 1.94. The van der Waals surface area contributed by atoms with E-state index < -0.39 is 0 Å². The molecule has 4 nitrogen and oxygen atoms in total. The van der Waals surface area contributed by atoms with Gasteiger partial charge >= 0.3 is 0 Å². The Kier molecular flexibility index (Phi) is 3.80. The van der Waals surface area contributed by atoms with Gasteiger partial charge < -0.3 is 10.0 Å². The number of hydrogen-bond donors (Lipinski definition) is 1. The highest BCUT2D eigenvalue weighted by molar-refractivity contribution is 5.95. The van der Waals surface area contributed by atoms with Crippen molar-refractivity contribution in [2.45, 2.75) is 12.8 Å². The molecule has 0 atom stereocenters. The van der Waals surface area contributed by atoms with Crippen LogP contribution in [0.3, 0.4) is 0 Å². The summed E-state index contributed by atoms with van der Waals surface area (Å²) in [5, 5.41) is 18.6. The first kappa shape index (κ1) is 14.2. The van der Waals surface area contributed by atoms with Crippen LogP contribution in [0.25, 0.3) is 11.1 Å². The molecular weight excluding hydrogens is 276 g/mol. The molecular formula is C18H16N2O2. The zero-order valence-corrected chi connectivity index (χ0v) is 12.1. The Labute approximate surface area is 129 Å². The Morgan fingerprint density at radius 3 is 2.55 bits per heavy atom. The molecule has 0 saturated carbocycles. The number of amides is 1.